The van der Waals surface area contributed by atoms with Gasteiger partial charge in [0.1, 0.15) is 5.82 Å². The summed E-state index contributed by atoms with van der Waals surface area (Å²) < 4.78 is 69.1. The Morgan fingerprint density at radius 3 is 2.38 bits per heavy atom. The first-order valence-corrected chi connectivity index (χ1v) is 16.1. The molecule has 0 saturated heterocycles. The number of alkyl halides is 3. The van der Waals surface area contributed by atoms with Crippen LogP contribution < -0.4 is 11.2 Å². The van der Waals surface area contributed by atoms with Crippen molar-refractivity contribution in [2.75, 3.05) is 6.61 Å². The molecule has 2 unspecified atom stereocenters. The Bertz CT molecular complexity index is 1830. The van der Waals surface area contributed by atoms with Crippen molar-refractivity contribution < 1.29 is 31.7 Å². The van der Waals surface area contributed by atoms with Crippen molar-refractivity contribution in [3.63, 3.8) is 0 Å². The lowest BCUT2D eigenvalue weighted by atomic mass is 9.94. The molecule has 0 aliphatic carbocycles. The van der Waals surface area contributed by atoms with Crippen molar-refractivity contribution in [1.82, 2.24) is 28.5 Å². The van der Waals surface area contributed by atoms with Crippen molar-refractivity contribution in [1.29, 1.82) is 0 Å². The number of phosphoric acid groups is 1. The lowest BCUT2D eigenvalue weighted by molar-refractivity contribution is -0.137. The number of rotatable bonds is 12. The highest BCUT2D eigenvalue weighted by atomic mass is 31.2. The van der Waals surface area contributed by atoms with E-state index in [9.17, 15) is 32.2 Å². The SMILES string of the molecule is CCCOP(=O)(O)OC(n1c(-c2cnn(Cc3cccc(C(F)(F)F)c3)c2)nc2c1c(=O)n(CCC)c(=O)n2CC)C(C)(C)C. The van der Waals surface area contributed by atoms with Gasteiger partial charge in [-0.3, -0.25) is 32.2 Å². The van der Waals surface area contributed by atoms with Gasteiger partial charge >= 0.3 is 19.7 Å². The Kier molecular flexibility index (Phi) is 9.98. The van der Waals surface area contributed by atoms with E-state index in [1.165, 1.54) is 32.3 Å². The number of aryl methyl sites for hydroxylation is 1. The van der Waals surface area contributed by atoms with E-state index in [1.54, 1.807) is 40.7 Å². The van der Waals surface area contributed by atoms with Gasteiger partial charge in [-0.25, -0.2) is 14.3 Å². The van der Waals surface area contributed by atoms with Crippen LogP contribution in [0.4, 0.5) is 13.2 Å². The molecule has 0 amide bonds. The van der Waals surface area contributed by atoms with Gasteiger partial charge in [0.05, 0.1) is 30.5 Å². The predicted molar refractivity (Wildman–Crippen MR) is 162 cm³/mol. The molecule has 0 radical (unpaired) electrons. The molecule has 1 N–H and O–H groups in total. The Balaban J connectivity index is 1.97. The van der Waals surface area contributed by atoms with Crippen LogP contribution in [-0.2, 0) is 39.4 Å². The largest absolute Gasteiger partial charge is 0.474 e. The average Bonchev–Trinajstić information content (AvgIpc) is 3.57. The second-order valence-electron chi connectivity index (χ2n) is 11.7. The molecule has 0 saturated carbocycles. The number of phosphoric ester groups is 1. The van der Waals surface area contributed by atoms with Gasteiger partial charge in [0, 0.05) is 24.7 Å². The third-order valence-electron chi connectivity index (χ3n) is 6.98. The molecule has 12 nitrogen and oxygen atoms in total. The van der Waals surface area contributed by atoms with E-state index in [1.807, 2.05) is 6.92 Å². The first-order chi connectivity index (χ1) is 21.0. The molecule has 1 aromatic carbocycles. The van der Waals surface area contributed by atoms with Gasteiger partial charge in [0.25, 0.3) is 5.56 Å². The van der Waals surface area contributed by atoms with Gasteiger partial charge in [-0.2, -0.15) is 18.3 Å². The predicted octanol–water partition coefficient (Wildman–Crippen LogP) is 5.81. The molecular formula is C29H38F3N6O6P. The van der Waals surface area contributed by atoms with Gasteiger partial charge in [-0.1, -0.05) is 46.8 Å². The molecule has 3 heterocycles. The summed E-state index contributed by atoms with van der Waals surface area (Å²) in [5, 5.41) is 4.32. The van der Waals surface area contributed by atoms with E-state index < -0.39 is 42.5 Å². The monoisotopic (exact) mass is 654 g/mol. The number of hydrogen-bond acceptors (Lipinski definition) is 7. The first kappa shape index (κ1) is 34.4. The third kappa shape index (κ3) is 7.32. The molecule has 4 aromatic rings. The second-order valence-corrected chi connectivity index (χ2v) is 13.1. The summed E-state index contributed by atoms with van der Waals surface area (Å²) >= 11 is 0. The zero-order valence-electron chi connectivity index (χ0n) is 26.0. The molecule has 0 bridgehead atoms. The van der Waals surface area contributed by atoms with Crippen molar-refractivity contribution >= 4 is 19.0 Å². The average molecular weight is 655 g/mol. The molecule has 0 aliphatic heterocycles. The summed E-state index contributed by atoms with van der Waals surface area (Å²) in [5.74, 6) is 0.101. The minimum atomic E-state index is -4.66. The summed E-state index contributed by atoms with van der Waals surface area (Å²) in [6, 6.07) is 4.87. The van der Waals surface area contributed by atoms with Crippen LogP contribution in [0, 0.1) is 5.41 Å². The van der Waals surface area contributed by atoms with Crippen LogP contribution in [0.15, 0.2) is 46.2 Å². The van der Waals surface area contributed by atoms with Crippen LogP contribution in [0.1, 0.15) is 71.7 Å². The van der Waals surface area contributed by atoms with Gasteiger partial charge in [0.15, 0.2) is 17.4 Å². The molecule has 16 heteroatoms. The third-order valence-corrected chi connectivity index (χ3v) is 7.95. The molecule has 3 aromatic heterocycles. The summed E-state index contributed by atoms with van der Waals surface area (Å²) in [7, 11) is -4.66. The van der Waals surface area contributed by atoms with Gasteiger partial charge in [0.2, 0.25) is 0 Å². The first-order valence-electron chi connectivity index (χ1n) is 14.6. The van der Waals surface area contributed by atoms with E-state index >= 15 is 0 Å². The van der Waals surface area contributed by atoms with Gasteiger partial charge in [-0.15, -0.1) is 0 Å². The number of aromatic nitrogens is 6. The molecule has 45 heavy (non-hydrogen) atoms. The quantitative estimate of drug-likeness (QED) is 0.189. The van der Waals surface area contributed by atoms with E-state index in [4.69, 9.17) is 9.05 Å². The lowest BCUT2D eigenvalue weighted by Gasteiger charge is -2.33. The summed E-state index contributed by atoms with van der Waals surface area (Å²) in [4.78, 5) is 42.6. The van der Waals surface area contributed by atoms with E-state index in [0.29, 0.717) is 24.0 Å². The van der Waals surface area contributed by atoms with Gasteiger partial charge < -0.3 is 4.89 Å². The number of imidazole rings is 1. The molecule has 246 valence electrons. The van der Waals surface area contributed by atoms with E-state index in [0.717, 1.165) is 16.7 Å². The number of hydrogen-bond donors (Lipinski definition) is 1. The highest BCUT2D eigenvalue weighted by Gasteiger charge is 2.39. The van der Waals surface area contributed by atoms with Crippen molar-refractivity contribution in [2.45, 2.75) is 86.4 Å². The van der Waals surface area contributed by atoms with Crippen LogP contribution in [0.5, 0.6) is 0 Å². The van der Waals surface area contributed by atoms with Crippen LogP contribution >= 0.6 is 7.82 Å². The summed E-state index contributed by atoms with van der Waals surface area (Å²) in [6.45, 7) is 10.8. The smallest absolute Gasteiger partial charge is 0.302 e. The summed E-state index contributed by atoms with van der Waals surface area (Å²) in [6.07, 6.45) is -1.93. The van der Waals surface area contributed by atoms with Gasteiger partial charge in [-0.05, 0) is 37.5 Å². The maximum absolute atomic E-state index is 14.0. The lowest BCUT2D eigenvalue weighted by Crippen LogP contribution is -2.41. The summed E-state index contributed by atoms with van der Waals surface area (Å²) in [5.41, 5.74) is -2.24. The molecule has 0 fully saturated rings. The highest BCUT2D eigenvalue weighted by molar-refractivity contribution is 7.47. The fraction of sp³-hybridized carbons (Fsp3) is 0.517. The van der Waals surface area contributed by atoms with Crippen molar-refractivity contribution in [2.24, 2.45) is 5.41 Å². The highest BCUT2D eigenvalue weighted by Crippen LogP contribution is 2.52. The number of nitrogens with zero attached hydrogens (tertiary/aromatic N) is 6. The molecule has 4 rings (SSSR count). The minimum absolute atomic E-state index is 0.0109. The van der Waals surface area contributed by atoms with Crippen LogP contribution in [0.2, 0.25) is 0 Å². The number of fused-ring (bicyclic) bond motifs is 1. The second kappa shape index (κ2) is 13.1. The van der Waals surface area contributed by atoms with Crippen molar-refractivity contribution in [3.05, 3.63) is 68.6 Å². The van der Waals surface area contributed by atoms with E-state index in [2.05, 4.69) is 10.1 Å². The molecule has 2 atom stereocenters. The maximum atomic E-state index is 14.0. The topological polar surface area (TPSA) is 135 Å². The van der Waals surface area contributed by atoms with Crippen LogP contribution in [0.25, 0.3) is 22.6 Å². The minimum Gasteiger partial charge on any atom is -0.302 e. The maximum Gasteiger partial charge on any atom is 0.474 e. The zero-order chi connectivity index (χ0) is 33.3. The molecular weight excluding hydrogens is 616 g/mol. The normalized spacial score (nSPS) is 14.6. The Morgan fingerprint density at radius 2 is 1.78 bits per heavy atom. The molecule has 0 spiro atoms. The Labute approximate surface area is 257 Å². The van der Waals surface area contributed by atoms with Crippen LogP contribution in [0.3, 0.4) is 0 Å². The number of halogens is 3. The fourth-order valence-electron chi connectivity index (χ4n) is 4.95. The fourth-order valence-corrected chi connectivity index (χ4v) is 6.09. The van der Waals surface area contributed by atoms with Crippen LogP contribution in [-0.4, -0.2) is 40.0 Å². The molecule has 0 aliphatic rings. The van der Waals surface area contributed by atoms with E-state index in [-0.39, 0.29) is 43.2 Å². The number of benzene rings is 1. The van der Waals surface area contributed by atoms with Crippen molar-refractivity contribution in [3.8, 4) is 11.4 Å². The Morgan fingerprint density at radius 1 is 1.07 bits per heavy atom. The zero-order valence-corrected chi connectivity index (χ0v) is 26.9. The standard InChI is InChI=1S/C29H38F3N6O6P/c1-7-13-37-25(39)22-24(36(9-3)27(37)40)34-23(38(22)26(28(4,5)6)44-45(41,42)43-14-8-2)20-16-33-35(18-20)17-19-11-10-12-21(15-19)29(30,31)32/h10-12,15-16,18,26H,7-9,13-14,17H2,1-6H3,(H,41,42). The Hall–Kier alpha value is -3.52.